The van der Waals surface area contributed by atoms with Crippen LogP contribution >= 0.6 is 0 Å². The Morgan fingerprint density at radius 2 is 1.95 bits per heavy atom. The van der Waals surface area contributed by atoms with Crippen LogP contribution < -0.4 is 10.4 Å². The van der Waals surface area contributed by atoms with Crippen LogP contribution in [0.2, 0.25) is 0 Å². The first-order chi connectivity index (χ1) is 9.15. The number of rotatable bonds is 1. The molecule has 3 aromatic rings. The number of hydrogen-bond donors (Lipinski definition) is 1. The van der Waals surface area contributed by atoms with E-state index >= 15 is 0 Å². The Kier molecular flexibility index (Phi) is 2.52. The summed E-state index contributed by atoms with van der Waals surface area (Å²) in [6.45, 7) is 1.85. The lowest BCUT2D eigenvalue weighted by atomic mass is 10.1. The molecule has 0 unspecified atom stereocenters. The maximum Gasteiger partial charge on any atom is 0.347 e. The molecule has 0 amide bonds. The van der Waals surface area contributed by atoms with Crippen molar-refractivity contribution in [2.75, 3.05) is 0 Å². The lowest BCUT2D eigenvalue weighted by Gasteiger charge is -2.02. The third-order valence-corrected chi connectivity index (χ3v) is 2.93. The Balaban J connectivity index is 2.27. The molecule has 94 valence electrons. The van der Waals surface area contributed by atoms with Crippen molar-refractivity contribution in [3.8, 4) is 11.5 Å². The Morgan fingerprint density at radius 1 is 1.21 bits per heavy atom. The summed E-state index contributed by atoms with van der Waals surface area (Å²) in [5, 5.41) is 9.67. The van der Waals surface area contributed by atoms with Crippen molar-refractivity contribution < 1.29 is 14.4 Å². The highest BCUT2D eigenvalue weighted by Crippen LogP contribution is 2.18. The zero-order valence-corrected chi connectivity index (χ0v) is 10.2. The third-order valence-electron chi connectivity index (χ3n) is 2.93. The maximum atomic E-state index is 12.0. The Hall–Kier alpha value is -2.69. The predicted molar refractivity (Wildman–Crippen MR) is 67.8 cm³/mol. The molecule has 2 aromatic heterocycles. The average molecular weight is 255 g/mol. The SMILES string of the molecule is Cc1cccc2nc(-c3cc[n+](O)cc3)oc(=O)c12. The molecule has 0 atom stereocenters. The topological polar surface area (TPSA) is 67.2 Å². The molecule has 5 nitrogen and oxygen atoms in total. The van der Waals surface area contributed by atoms with Crippen molar-refractivity contribution in [1.29, 1.82) is 0 Å². The fourth-order valence-corrected chi connectivity index (χ4v) is 1.97. The molecule has 0 bridgehead atoms. The molecule has 19 heavy (non-hydrogen) atoms. The van der Waals surface area contributed by atoms with E-state index in [-0.39, 0.29) is 5.89 Å². The smallest absolute Gasteiger partial charge is 0.347 e. The van der Waals surface area contributed by atoms with Gasteiger partial charge < -0.3 is 4.42 Å². The molecule has 3 rings (SSSR count). The summed E-state index contributed by atoms with van der Waals surface area (Å²) in [5.74, 6) is 0.240. The molecule has 0 saturated carbocycles. The highest BCUT2D eigenvalue weighted by Gasteiger charge is 2.11. The van der Waals surface area contributed by atoms with Gasteiger partial charge in [0, 0.05) is 22.4 Å². The molecule has 0 aliphatic rings. The molecule has 2 heterocycles. The molecule has 1 N–H and O–H groups in total. The molecule has 5 heteroatoms. The number of hydrogen-bond acceptors (Lipinski definition) is 4. The van der Waals surface area contributed by atoms with Gasteiger partial charge in [0.1, 0.15) is 0 Å². The summed E-state index contributed by atoms with van der Waals surface area (Å²) >= 11 is 0. The first-order valence-corrected chi connectivity index (χ1v) is 5.76. The monoisotopic (exact) mass is 255 g/mol. The maximum absolute atomic E-state index is 12.0. The van der Waals surface area contributed by atoms with E-state index < -0.39 is 5.63 Å². The molecule has 0 fully saturated rings. The normalized spacial score (nSPS) is 10.8. The van der Waals surface area contributed by atoms with Crippen molar-refractivity contribution in [2.45, 2.75) is 6.92 Å². The van der Waals surface area contributed by atoms with Gasteiger partial charge in [-0.05, 0) is 18.6 Å². The average Bonchev–Trinajstić information content (AvgIpc) is 2.39. The number of fused-ring (bicyclic) bond motifs is 1. The number of aromatic nitrogens is 2. The lowest BCUT2D eigenvalue weighted by molar-refractivity contribution is -0.904. The second-order valence-corrected chi connectivity index (χ2v) is 4.24. The molecule has 0 saturated heterocycles. The molecule has 0 aliphatic carbocycles. The van der Waals surface area contributed by atoms with Gasteiger partial charge in [-0.3, -0.25) is 5.21 Å². The van der Waals surface area contributed by atoms with Crippen LogP contribution in [0.25, 0.3) is 22.4 Å². The van der Waals surface area contributed by atoms with E-state index in [0.29, 0.717) is 16.5 Å². The first-order valence-electron chi connectivity index (χ1n) is 5.76. The van der Waals surface area contributed by atoms with Crippen LogP contribution in [0.1, 0.15) is 5.56 Å². The van der Waals surface area contributed by atoms with Crippen LogP contribution in [0.4, 0.5) is 0 Å². The number of pyridine rings is 1. The fraction of sp³-hybridized carbons (Fsp3) is 0.0714. The molecule has 1 aromatic carbocycles. The number of nitrogens with zero attached hydrogens (tertiary/aromatic N) is 2. The van der Waals surface area contributed by atoms with Crippen molar-refractivity contribution in [3.63, 3.8) is 0 Å². The van der Waals surface area contributed by atoms with Crippen LogP contribution in [0, 0.1) is 6.92 Å². The molecule has 0 radical (unpaired) electrons. The van der Waals surface area contributed by atoms with Gasteiger partial charge in [0.25, 0.3) is 0 Å². The van der Waals surface area contributed by atoms with E-state index in [9.17, 15) is 10.0 Å². The lowest BCUT2D eigenvalue weighted by Crippen LogP contribution is -2.27. The van der Waals surface area contributed by atoms with E-state index in [1.165, 1.54) is 12.4 Å². The van der Waals surface area contributed by atoms with E-state index in [2.05, 4.69) is 4.98 Å². The molecular formula is C14H11N2O3+. The van der Waals surface area contributed by atoms with Gasteiger partial charge in [-0.15, -0.1) is 0 Å². The van der Waals surface area contributed by atoms with Crippen molar-refractivity contribution in [3.05, 3.63) is 58.7 Å². The summed E-state index contributed by atoms with van der Waals surface area (Å²) in [5.41, 5.74) is 1.67. The van der Waals surface area contributed by atoms with E-state index in [4.69, 9.17) is 4.42 Å². The van der Waals surface area contributed by atoms with Crippen molar-refractivity contribution >= 4 is 10.9 Å². The van der Waals surface area contributed by atoms with Crippen molar-refractivity contribution in [1.82, 2.24) is 4.98 Å². The minimum Gasteiger partial charge on any atom is -0.403 e. The quantitative estimate of drug-likeness (QED) is 0.530. The Bertz CT molecular complexity index is 807. The highest BCUT2D eigenvalue weighted by molar-refractivity contribution is 5.81. The largest absolute Gasteiger partial charge is 0.403 e. The standard InChI is InChI=1S/C14H11N2O3/c1-9-3-2-4-11-12(9)14(17)19-13(15-11)10-5-7-16(18)8-6-10/h2-8,18H,1H3/q+1. The second-order valence-electron chi connectivity index (χ2n) is 4.24. The van der Waals surface area contributed by atoms with Crippen LogP contribution in [0.3, 0.4) is 0 Å². The Morgan fingerprint density at radius 3 is 2.68 bits per heavy atom. The Labute approximate surface area is 108 Å². The van der Waals surface area contributed by atoms with Gasteiger partial charge >= 0.3 is 5.63 Å². The zero-order chi connectivity index (χ0) is 13.4. The van der Waals surface area contributed by atoms with Gasteiger partial charge in [-0.1, -0.05) is 12.1 Å². The number of benzene rings is 1. The van der Waals surface area contributed by atoms with Crippen molar-refractivity contribution in [2.24, 2.45) is 0 Å². The van der Waals surface area contributed by atoms with E-state index in [1.807, 2.05) is 19.1 Å². The van der Waals surface area contributed by atoms with Gasteiger partial charge in [0.05, 0.1) is 10.9 Å². The van der Waals surface area contributed by atoms with Crippen LogP contribution in [0.5, 0.6) is 0 Å². The van der Waals surface area contributed by atoms with Crippen LogP contribution in [-0.2, 0) is 0 Å². The summed E-state index contributed by atoms with van der Waals surface area (Å²) in [7, 11) is 0. The van der Waals surface area contributed by atoms with Gasteiger partial charge in [0.2, 0.25) is 18.3 Å². The highest BCUT2D eigenvalue weighted by atomic mass is 16.5. The second kappa shape index (κ2) is 4.20. The molecule has 0 spiro atoms. The first kappa shape index (κ1) is 11.4. The fourth-order valence-electron chi connectivity index (χ4n) is 1.97. The summed E-state index contributed by atoms with van der Waals surface area (Å²) in [4.78, 5) is 16.3. The zero-order valence-electron chi connectivity index (χ0n) is 10.2. The van der Waals surface area contributed by atoms with Gasteiger partial charge in [-0.25, -0.2) is 9.78 Å². The van der Waals surface area contributed by atoms with Crippen LogP contribution in [0.15, 0.2) is 51.9 Å². The molecule has 0 aliphatic heterocycles. The summed E-state index contributed by atoms with van der Waals surface area (Å²) in [6.07, 6.45) is 2.88. The minimum absolute atomic E-state index is 0.240. The van der Waals surface area contributed by atoms with Gasteiger partial charge in [-0.2, -0.15) is 0 Å². The van der Waals surface area contributed by atoms with E-state index in [1.54, 1.807) is 18.2 Å². The predicted octanol–water partition coefficient (Wildman–Crippen LogP) is 1.69. The van der Waals surface area contributed by atoms with E-state index in [0.717, 1.165) is 10.3 Å². The van der Waals surface area contributed by atoms with Crippen LogP contribution in [-0.4, -0.2) is 10.2 Å². The summed E-state index contributed by atoms with van der Waals surface area (Å²) in [6, 6.07) is 8.70. The third kappa shape index (κ3) is 1.95. The van der Waals surface area contributed by atoms with Gasteiger partial charge in [0.15, 0.2) is 0 Å². The molecular weight excluding hydrogens is 244 g/mol. The minimum atomic E-state index is -0.404. The summed E-state index contributed by atoms with van der Waals surface area (Å²) < 4.78 is 6.15. The number of aryl methyl sites for hydroxylation is 1.